The maximum atomic E-state index is 13.2. The van der Waals surface area contributed by atoms with Crippen LogP contribution in [0.15, 0.2) is 58.6 Å². The predicted molar refractivity (Wildman–Crippen MR) is 146 cm³/mol. The monoisotopic (exact) mass is 602 g/mol. The minimum absolute atomic E-state index is 0.160. The van der Waals surface area contributed by atoms with E-state index in [1.54, 1.807) is 12.1 Å². The van der Waals surface area contributed by atoms with Crippen LogP contribution >= 0.6 is 39.1 Å². The van der Waals surface area contributed by atoms with E-state index >= 15 is 0 Å². The molecule has 4 amide bonds. The van der Waals surface area contributed by atoms with E-state index in [9.17, 15) is 14.4 Å². The van der Waals surface area contributed by atoms with Crippen molar-refractivity contribution < 1.29 is 23.9 Å². The summed E-state index contributed by atoms with van der Waals surface area (Å²) in [5, 5.41) is 2.60. The summed E-state index contributed by atoms with van der Waals surface area (Å²) in [5.74, 6) is -0.767. The zero-order valence-electron chi connectivity index (χ0n) is 20.0. The molecule has 3 aromatic carbocycles. The molecule has 1 aliphatic heterocycles. The predicted octanol–water partition coefficient (Wildman–Crippen LogP) is 6.63. The number of hydrogen-bond acceptors (Lipinski definition) is 5. The Hall–Kier alpha value is -3.33. The van der Waals surface area contributed by atoms with Crippen molar-refractivity contribution >= 4 is 68.7 Å². The van der Waals surface area contributed by atoms with Crippen LogP contribution in [0.1, 0.15) is 22.3 Å². The summed E-state index contributed by atoms with van der Waals surface area (Å²) in [4.78, 5) is 39.1. The van der Waals surface area contributed by atoms with Crippen molar-refractivity contribution in [3.8, 4) is 11.5 Å². The quantitative estimate of drug-likeness (QED) is 0.253. The van der Waals surface area contributed by atoms with Crippen molar-refractivity contribution in [2.24, 2.45) is 0 Å². The Labute approximate surface area is 232 Å². The lowest BCUT2D eigenvalue weighted by Crippen LogP contribution is -2.54. The van der Waals surface area contributed by atoms with Crippen molar-refractivity contribution in [1.82, 2.24) is 5.32 Å². The number of benzene rings is 3. The highest BCUT2D eigenvalue weighted by Crippen LogP contribution is 2.38. The second kappa shape index (κ2) is 11.0. The molecular weight excluding hydrogens is 583 g/mol. The topological polar surface area (TPSA) is 84.9 Å². The van der Waals surface area contributed by atoms with Gasteiger partial charge in [0.25, 0.3) is 11.8 Å². The number of halogens is 3. The molecule has 0 bridgehead atoms. The molecule has 0 aromatic heterocycles. The Kier molecular flexibility index (Phi) is 7.92. The summed E-state index contributed by atoms with van der Waals surface area (Å²) in [6.07, 6.45) is 1.37. The highest BCUT2D eigenvalue weighted by Gasteiger charge is 2.37. The van der Waals surface area contributed by atoms with Crippen molar-refractivity contribution in [3.05, 3.63) is 90.9 Å². The molecule has 10 heteroatoms. The molecule has 1 heterocycles. The molecular formula is C27H21BrCl2N2O5. The molecule has 0 saturated carbocycles. The zero-order valence-corrected chi connectivity index (χ0v) is 23.1. The number of amides is 4. The maximum Gasteiger partial charge on any atom is 0.335 e. The van der Waals surface area contributed by atoms with Gasteiger partial charge in [-0.3, -0.25) is 14.9 Å². The van der Waals surface area contributed by atoms with E-state index in [-0.39, 0.29) is 21.3 Å². The van der Waals surface area contributed by atoms with Gasteiger partial charge in [0.05, 0.1) is 27.3 Å². The summed E-state index contributed by atoms with van der Waals surface area (Å²) < 4.78 is 12.1. The number of imide groups is 2. The maximum absolute atomic E-state index is 13.2. The minimum Gasteiger partial charge on any atom is -0.493 e. The highest BCUT2D eigenvalue weighted by molar-refractivity contribution is 9.10. The van der Waals surface area contributed by atoms with Crippen molar-refractivity contribution in [2.45, 2.75) is 20.5 Å². The third-order valence-corrected chi connectivity index (χ3v) is 6.82. The summed E-state index contributed by atoms with van der Waals surface area (Å²) in [6.45, 7) is 4.36. The van der Waals surface area contributed by atoms with Crippen molar-refractivity contribution in [1.29, 1.82) is 0 Å². The number of rotatable bonds is 6. The lowest BCUT2D eigenvalue weighted by atomic mass is 10.1. The second-order valence-electron chi connectivity index (χ2n) is 8.38. The number of hydrogen-bond donors (Lipinski definition) is 1. The molecule has 190 valence electrons. The van der Waals surface area contributed by atoms with Gasteiger partial charge >= 0.3 is 6.03 Å². The smallest absolute Gasteiger partial charge is 0.335 e. The SMILES string of the molecule is COc1cc(/C=C2\C(=O)NC(=O)N(c3ccc(Cl)c(Cl)c3)C2=O)cc(Br)c1OCc1cc(C)cc(C)c1. The van der Waals surface area contributed by atoms with E-state index in [1.807, 2.05) is 26.0 Å². The molecule has 1 aliphatic rings. The summed E-state index contributed by atoms with van der Waals surface area (Å²) in [6, 6.07) is 12.9. The molecule has 0 spiro atoms. The molecule has 1 fully saturated rings. The number of carbonyl (C=O) groups excluding carboxylic acids is 3. The van der Waals surface area contributed by atoms with E-state index < -0.39 is 17.8 Å². The summed E-state index contributed by atoms with van der Waals surface area (Å²) in [5.41, 5.74) is 3.68. The standard InChI is InChI=1S/C27H21BrCl2N2O5/c1-14-6-15(2)8-17(7-14)13-37-24-20(28)10-16(11-23(24)36-3)9-19-25(33)31-27(35)32(26(19)34)18-4-5-21(29)22(30)12-18/h4-12H,13H2,1-3H3,(H,31,33,35)/b19-9+. The van der Waals surface area contributed by atoms with Crippen LogP contribution in [-0.2, 0) is 16.2 Å². The average molecular weight is 604 g/mol. The van der Waals surface area contributed by atoms with Gasteiger partial charge in [0.1, 0.15) is 12.2 Å². The Morgan fingerprint density at radius 3 is 2.32 bits per heavy atom. The van der Waals surface area contributed by atoms with Gasteiger partial charge < -0.3 is 9.47 Å². The third kappa shape index (κ3) is 5.82. The number of anilines is 1. The van der Waals surface area contributed by atoms with Crippen LogP contribution in [0, 0.1) is 13.8 Å². The van der Waals surface area contributed by atoms with E-state index in [2.05, 4.69) is 27.3 Å². The molecule has 0 unspecified atom stereocenters. The molecule has 7 nitrogen and oxygen atoms in total. The molecule has 3 aromatic rings. The van der Waals surface area contributed by atoms with E-state index in [4.69, 9.17) is 32.7 Å². The first-order valence-corrected chi connectivity index (χ1v) is 12.6. The number of nitrogens with one attached hydrogen (secondary N) is 1. The number of ether oxygens (including phenoxy) is 2. The molecule has 0 aliphatic carbocycles. The lowest BCUT2D eigenvalue weighted by Gasteiger charge is -2.26. The first-order chi connectivity index (χ1) is 17.6. The van der Waals surface area contributed by atoms with Crippen LogP contribution < -0.4 is 19.7 Å². The molecule has 1 N–H and O–H groups in total. The number of carbonyl (C=O) groups is 3. The fourth-order valence-corrected chi connectivity index (χ4v) is 4.82. The van der Waals surface area contributed by atoms with Gasteiger partial charge in [0.2, 0.25) is 0 Å². The number of urea groups is 1. The molecule has 4 rings (SSSR count). The van der Waals surface area contributed by atoms with Crippen molar-refractivity contribution in [3.63, 3.8) is 0 Å². The largest absolute Gasteiger partial charge is 0.493 e. The van der Waals surface area contributed by atoms with Crippen LogP contribution in [0.5, 0.6) is 11.5 Å². The van der Waals surface area contributed by atoms with Gasteiger partial charge in [-0.25, -0.2) is 9.69 Å². The van der Waals surface area contributed by atoms with Gasteiger partial charge in [-0.05, 0) is 77.3 Å². The van der Waals surface area contributed by atoms with Crippen molar-refractivity contribution in [2.75, 3.05) is 12.0 Å². The Bertz CT molecular complexity index is 1450. The first kappa shape index (κ1) is 26.7. The van der Waals surface area contributed by atoms with E-state index in [0.29, 0.717) is 28.1 Å². The van der Waals surface area contributed by atoms with Gasteiger partial charge in [-0.1, -0.05) is 52.5 Å². The fourth-order valence-electron chi connectivity index (χ4n) is 3.95. The van der Waals surface area contributed by atoms with Gasteiger partial charge in [0, 0.05) is 0 Å². The first-order valence-electron chi connectivity index (χ1n) is 11.0. The van der Waals surface area contributed by atoms with Crippen LogP contribution in [0.25, 0.3) is 6.08 Å². The highest BCUT2D eigenvalue weighted by atomic mass is 79.9. The van der Waals surface area contributed by atoms with Crippen LogP contribution in [0.3, 0.4) is 0 Å². The normalized spacial score (nSPS) is 14.7. The molecule has 37 heavy (non-hydrogen) atoms. The number of nitrogens with zero attached hydrogens (tertiary/aromatic N) is 1. The van der Waals surface area contributed by atoms with Gasteiger partial charge in [-0.2, -0.15) is 0 Å². The fraction of sp³-hybridized carbons (Fsp3) is 0.148. The van der Waals surface area contributed by atoms with Gasteiger partial charge in [0.15, 0.2) is 11.5 Å². The number of barbiturate groups is 1. The number of methoxy groups -OCH3 is 1. The lowest BCUT2D eigenvalue weighted by molar-refractivity contribution is -0.122. The average Bonchev–Trinajstić information content (AvgIpc) is 2.82. The van der Waals surface area contributed by atoms with Crippen LogP contribution in [0.2, 0.25) is 10.0 Å². The Balaban J connectivity index is 1.65. The van der Waals surface area contributed by atoms with Crippen LogP contribution in [0.4, 0.5) is 10.5 Å². The minimum atomic E-state index is -0.889. The molecule has 0 radical (unpaired) electrons. The third-order valence-electron chi connectivity index (χ3n) is 5.49. The van der Waals surface area contributed by atoms with Crippen LogP contribution in [-0.4, -0.2) is 25.0 Å². The molecule has 0 atom stereocenters. The molecule has 1 saturated heterocycles. The Morgan fingerprint density at radius 1 is 0.973 bits per heavy atom. The zero-order chi connectivity index (χ0) is 26.9. The Morgan fingerprint density at radius 2 is 1.68 bits per heavy atom. The number of aryl methyl sites for hydroxylation is 2. The summed E-state index contributed by atoms with van der Waals surface area (Å²) in [7, 11) is 1.49. The van der Waals surface area contributed by atoms with Gasteiger partial charge in [-0.15, -0.1) is 0 Å². The second-order valence-corrected chi connectivity index (χ2v) is 10.0. The summed E-state index contributed by atoms with van der Waals surface area (Å²) >= 11 is 15.5. The van der Waals surface area contributed by atoms with E-state index in [0.717, 1.165) is 21.6 Å². The van der Waals surface area contributed by atoms with E-state index in [1.165, 1.54) is 31.4 Å².